The second-order valence-electron chi connectivity index (χ2n) is 5.42. The van der Waals surface area contributed by atoms with E-state index in [0.717, 1.165) is 25.7 Å². The Hall–Kier alpha value is -0.0100. The van der Waals surface area contributed by atoms with Gasteiger partial charge in [-0.3, -0.25) is 4.52 Å². The van der Waals surface area contributed by atoms with Gasteiger partial charge in [0.05, 0.1) is 12.2 Å². The number of aliphatic hydroxyl groups is 1. The molecule has 0 aliphatic rings. The molecule has 0 fully saturated rings. The SMILES string of the molecule is CCCCOCCC(O)(CCOCCCC)COP(=O)(O)O. The molecule has 0 aromatic rings. The predicted octanol–water partition coefficient (Wildman–Crippen LogP) is 2.24. The van der Waals surface area contributed by atoms with E-state index in [2.05, 4.69) is 18.4 Å². The fraction of sp³-hybridized carbons (Fsp3) is 1.00. The van der Waals surface area contributed by atoms with Crippen LogP contribution in [0.15, 0.2) is 0 Å². The van der Waals surface area contributed by atoms with Crippen molar-refractivity contribution in [3.05, 3.63) is 0 Å². The van der Waals surface area contributed by atoms with Gasteiger partial charge in [0.15, 0.2) is 0 Å². The quantitative estimate of drug-likeness (QED) is 0.309. The van der Waals surface area contributed by atoms with Gasteiger partial charge in [0, 0.05) is 39.3 Å². The van der Waals surface area contributed by atoms with Crippen LogP contribution in [0.3, 0.4) is 0 Å². The highest BCUT2D eigenvalue weighted by atomic mass is 31.2. The molecule has 0 amide bonds. The van der Waals surface area contributed by atoms with Crippen LogP contribution in [0.5, 0.6) is 0 Å². The smallest absolute Gasteiger partial charge is 0.387 e. The molecule has 0 aromatic carbocycles. The molecule has 0 aliphatic carbocycles. The third-order valence-electron chi connectivity index (χ3n) is 3.21. The van der Waals surface area contributed by atoms with Crippen LogP contribution < -0.4 is 0 Å². The minimum atomic E-state index is -4.60. The zero-order chi connectivity index (χ0) is 16.9. The van der Waals surface area contributed by atoms with Crippen LogP contribution in [0.4, 0.5) is 0 Å². The summed E-state index contributed by atoms with van der Waals surface area (Å²) >= 11 is 0. The van der Waals surface area contributed by atoms with Gasteiger partial charge >= 0.3 is 7.82 Å². The third-order valence-corrected chi connectivity index (χ3v) is 3.67. The molecule has 0 spiro atoms. The number of phosphoric ester groups is 1. The molecular weight excluding hydrogens is 311 g/mol. The van der Waals surface area contributed by atoms with Crippen molar-refractivity contribution < 1.29 is 33.5 Å². The standard InChI is InChI=1S/C14H31O7P/c1-3-5-9-19-11-7-14(15,13-21-22(16,17)18)8-12-20-10-6-4-2/h15H,3-13H2,1-2H3,(H2,16,17,18). The Morgan fingerprint density at radius 2 is 1.36 bits per heavy atom. The number of ether oxygens (including phenoxy) is 2. The van der Waals surface area contributed by atoms with Crippen LogP contribution in [-0.2, 0) is 18.6 Å². The zero-order valence-electron chi connectivity index (χ0n) is 13.7. The Morgan fingerprint density at radius 3 is 1.73 bits per heavy atom. The van der Waals surface area contributed by atoms with Crippen LogP contribution in [0, 0.1) is 0 Å². The highest BCUT2D eigenvalue weighted by molar-refractivity contribution is 7.46. The molecule has 8 heteroatoms. The van der Waals surface area contributed by atoms with Gasteiger partial charge in [-0.25, -0.2) is 4.57 Å². The molecule has 0 heterocycles. The Balaban J connectivity index is 4.19. The van der Waals surface area contributed by atoms with E-state index < -0.39 is 20.0 Å². The fourth-order valence-electron chi connectivity index (χ4n) is 1.69. The van der Waals surface area contributed by atoms with Gasteiger partial charge in [0.25, 0.3) is 0 Å². The minimum Gasteiger partial charge on any atom is -0.387 e. The largest absolute Gasteiger partial charge is 0.469 e. The lowest BCUT2D eigenvalue weighted by Gasteiger charge is -2.28. The van der Waals surface area contributed by atoms with Crippen molar-refractivity contribution in [3.63, 3.8) is 0 Å². The van der Waals surface area contributed by atoms with E-state index in [1.807, 2.05) is 0 Å². The van der Waals surface area contributed by atoms with Crippen molar-refractivity contribution in [3.8, 4) is 0 Å². The first kappa shape index (κ1) is 22.0. The van der Waals surface area contributed by atoms with Crippen molar-refractivity contribution >= 4 is 7.82 Å². The minimum absolute atomic E-state index is 0.244. The first-order valence-corrected chi connectivity index (χ1v) is 9.44. The first-order valence-electron chi connectivity index (χ1n) is 7.91. The van der Waals surface area contributed by atoms with Crippen molar-refractivity contribution in [2.45, 2.75) is 58.0 Å². The summed E-state index contributed by atoms with van der Waals surface area (Å²) in [5, 5.41) is 10.5. The molecule has 0 rings (SSSR count). The molecule has 22 heavy (non-hydrogen) atoms. The van der Waals surface area contributed by atoms with E-state index in [0.29, 0.717) is 26.4 Å². The lowest BCUT2D eigenvalue weighted by atomic mass is 9.97. The van der Waals surface area contributed by atoms with Crippen molar-refractivity contribution in [1.29, 1.82) is 0 Å². The van der Waals surface area contributed by atoms with E-state index in [-0.39, 0.29) is 12.8 Å². The Labute approximate surface area is 133 Å². The average molecular weight is 342 g/mol. The topological polar surface area (TPSA) is 105 Å². The van der Waals surface area contributed by atoms with Gasteiger partial charge < -0.3 is 24.4 Å². The lowest BCUT2D eigenvalue weighted by Crippen LogP contribution is -2.37. The summed E-state index contributed by atoms with van der Waals surface area (Å²) in [5.74, 6) is 0. The second-order valence-corrected chi connectivity index (χ2v) is 6.66. The van der Waals surface area contributed by atoms with Crippen LogP contribution in [0.2, 0.25) is 0 Å². The van der Waals surface area contributed by atoms with Crippen molar-refractivity contribution in [2.75, 3.05) is 33.0 Å². The molecule has 0 saturated heterocycles. The van der Waals surface area contributed by atoms with Crippen LogP contribution in [-0.4, -0.2) is 53.5 Å². The number of hydrogen-bond donors (Lipinski definition) is 3. The van der Waals surface area contributed by atoms with E-state index in [9.17, 15) is 9.67 Å². The highest BCUT2D eigenvalue weighted by Crippen LogP contribution is 2.37. The summed E-state index contributed by atoms with van der Waals surface area (Å²) in [6.45, 7) is 5.53. The monoisotopic (exact) mass is 342 g/mol. The molecule has 0 saturated carbocycles. The Bertz CT molecular complexity index is 292. The Morgan fingerprint density at radius 1 is 0.909 bits per heavy atom. The average Bonchev–Trinajstić information content (AvgIpc) is 2.44. The maximum absolute atomic E-state index is 10.8. The lowest BCUT2D eigenvalue weighted by molar-refractivity contribution is -0.0601. The molecule has 0 radical (unpaired) electrons. The third kappa shape index (κ3) is 13.6. The highest BCUT2D eigenvalue weighted by Gasteiger charge is 2.30. The maximum Gasteiger partial charge on any atom is 0.469 e. The molecule has 0 atom stereocenters. The molecule has 0 bridgehead atoms. The Kier molecular flexibility index (Phi) is 12.4. The number of rotatable bonds is 15. The molecule has 0 unspecified atom stereocenters. The normalized spacial score (nSPS) is 12.8. The zero-order valence-corrected chi connectivity index (χ0v) is 14.6. The van der Waals surface area contributed by atoms with Crippen LogP contribution in [0.25, 0.3) is 0 Å². The van der Waals surface area contributed by atoms with Gasteiger partial charge in [0.1, 0.15) is 0 Å². The van der Waals surface area contributed by atoms with E-state index in [4.69, 9.17) is 19.3 Å². The van der Waals surface area contributed by atoms with Gasteiger partial charge in [-0.05, 0) is 12.8 Å². The molecule has 0 aliphatic heterocycles. The summed E-state index contributed by atoms with van der Waals surface area (Å²) in [6.07, 6.45) is 4.42. The van der Waals surface area contributed by atoms with Crippen molar-refractivity contribution in [2.24, 2.45) is 0 Å². The van der Waals surface area contributed by atoms with Gasteiger partial charge in [-0.2, -0.15) is 0 Å². The summed E-state index contributed by atoms with van der Waals surface area (Å²) in [4.78, 5) is 17.6. The van der Waals surface area contributed by atoms with E-state index >= 15 is 0 Å². The summed E-state index contributed by atoms with van der Waals surface area (Å²) in [7, 11) is -4.60. The number of hydrogen-bond acceptors (Lipinski definition) is 5. The van der Waals surface area contributed by atoms with Crippen molar-refractivity contribution in [1.82, 2.24) is 0 Å². The van der Waals surface area contributed by atoms with Gasteiger partial charge in [-0.1, -0.05) is 26.7 Å². The van der Waals surface area contributed by atoms with Crippen LogP contribution in [0.1, 0.15) is 52.4 Å². The first-order chi connectivity index (χ1) is 10.3. The molecule has 3 N–H and O–H groups in total. The fourth-order valence-corrected chi connectivity index (χ4v) is 2.10. The summed E-state index contributed by atoms with van der Waals surface area (Å²) < 4.78 is 26.1. The summed E-state index contributed by atoms with van der Waals surface area (Å²) in [6, 6.07) is 0. The van der Waals surface area contributed by atoms with E-state index in [1.54, 1.807) is 0 Å². The maximum atomic E-state index is 10.8. The number of unbranched alkanes of at least 4 members (excludes halogenated alkanes) is 2. The van der Waals surface area contributed by atoms with E-state index in [1.165, 1.54) is 0 Å². The second kappa shape index (κ2) is 12.4. The molecule has 7 nitrogen and oxygen atoms in total. The van der Waals surface area contributed by atoms with Gasteiger partial charge in [0.2, 0.25) is 0 Å². The molecule has 0 aromatic heterocycles. The summed E-state index contributed by atoms with van der Waals surface area (Å²) in [5.41, 5.74) is -1.36. The predicted molar refractivity (Wildman–Crippen MR) is 83.6 cm³/mol. The molecular formula is C14H31O7P. The molecule has 134 valence electrons. The van der Waals surface area contributed by atoms with Gasteiger partial charge in [-0.15, -0.1) is 0 Å². The van der Waals surface area contributed by atoms with Crippen LogP contribution >= 0.6 is 7.82 Å². The number of phosphoric acid groups is 1.